The molecule has 0 bridgehead atoms. The molecule has 1 aliphatic carbocycles. The molecular formula is C22H17O5Rb. The average molecular weight is 447 g/mol. The smallest absolute Gasteiger partial charge is 0.545 e. The van der Waals surface area contributed by atoms with Crippen molar-refractivity contribution in [1.29, 1.82) is 0 Å². The fraction of sp³-hybridized carbons (Fsp3) is 0.0909. The molecule has 2 aromatic rings. The number of hydrogen-bond donors (Lipinski definition) is 1. The van der Waals surface area contributed by atoms with Gasteiger partial charge in [-0.25, -0.2) is 0 Å². The number of phenolic OH excluding ortho intramolecular Hbond substituents is 1. The quantitative estimate of drug-likeness (QED) is 0.457. The van der Waals surface area contributed by atoms with Crippen molar-refractivity contribution in [2.45, 2.75) is 13.8 Å². The van der Waals surface area contributed by atoms with Crippen LogP contribution in [0.5, 0.6) is 5.75 Å². The maximum atomic E-state index is 11.7. The molecule has 0 unspecified atom stereocenters. The van der Waals surface area contributed by atoms with E-state index in [4.69, 9.17) is 4.42 Å². The normalized spacial score (nSPS) is 10.1. The Labute approximate surface area is 210 Å². The van der Waals surface area contributed by atoms with E-state index in [0.29, 0.717) is 33.4 Å². The number of fused-ring (bicyclic) bond motifs is 2. The van der Waals surface area contributed by atoms with Gasteiger partial charge in [0.1, 0.15) is 17.1 Å². The molecule has 0 atom stereocenters. The second-order valence-electron chi connectivity index (χ2n) is 5.65. The molecule has 1 aliphatic heterocycles. The fourth-order valence-corrected chi connectivity index (χ4v) is 3.03. The van der Waals surface area contributed by atoms with Gasteiger partial charge in [0.25, 0.3) is 0 Å². The van der Waals surface area contributed by atoms with Crippen molar-refractivity contribution in [2.24, 2.45) is 0 Å². The van der Waals surface area contributed by atoms with Crippen LogP contribution < -0.4 is 68.7 Å². The molecule has 0 saturated heterocycles. The molecular weight excluding hydrogens is 430 g/mol. The first-order valence-corrected chi connectivity index (χ1v) is 8.55. The zero-order valence-corrected chi connectivity index (χ0v) is 20.8. The third-order valence-electron chi connectivity index (χ3n) is 4.09. The van der Waals surface area contributed by atoms with Gasteiger partial charge in [0.2, 0.25) is 0 Å². The molecule has 0 saturated carbocycles. The topological polar surface area (TPSA) is 90.6 Å². The Balaban J connectivity index is 0.000000906. The number of hydrogen-bond acceptors (Lipinski definition) is 5. The summed E-state index contributed by atoms with van der Waals surface area (Å²) in [5.74, 6) is -0.973. The zero-order valence-electron chi connectivity index (χ0n) is 15.9. The Morgan fingerprint density at radius 1 is 0.964 bits per heavy atom. The average Bonchev–Trinajstić information content (AvgIpc) is 2.67. The summed E-state index contributed by atoms with van der Waals surface area (Å²) in [4.78, 5) is 23.2. The van der Waals surface area contributed by atoms with Crippen molar-refractivity contribution in [3.63, 3.8) is 0 Å². The molecule has 1 heterocycles. The van der Waals surface area contributed by atoms with E-state index in [9.17, 15) is 19.8 Å². The SMILES string of the molecule is CC.O=C([O-])c1ccccc1-c1c2ccc(=O)cc-2oc2cc(O)ccc12.[Rb+]. The predicted molar refractivity (Wildman–Crippen MR) is 102 cm³/mol. The minimum absolute atomic E-state index is 0. The molecule has 2 aliphatic rings. The molecule has 136 valence electrons. The second-order valence-corrected chi connectivity index (χ2v) is 5.65. The monoisotopic (exact) mass is 446 g/mol. The zero-order chi connectivity index (χ0) is 19.6. The van der Waals surface area contributed by atoms with Gasteiger partial charge in [-0.3, -0.25) is 4.79 Å². The molecule has 28 heavy (non-hydrogen) atoms. The van der Waals surface area contributed by atoms with E-state index in [0.717, 1.165) is 0 Å². The van der Waals surface area contributed by atoms with E-state index in [2.05, 4.69) is 0 Å². The first-order chi connectivity index (χ1) is 13.0. The van der Waals surface area contributed by atoms with E-state index in [1.165, 1.54) is 30.3 Å². The van der Waals surface area contributed by atoms with E-state index in [1.54, 1.807) is 30.3 Å². The summed E-state index contributed by atoms with van der Waals surface area (Å²) >= 11 is 0. The van der Waals surface area contributed by atoms with Crippen molar-refractivity contribution in [2.75, 3.05) is 0 Å². The Kier molecular flexibility index (Phi) is 7.72. The number of benzene rings is 3. The Bertz CT molecular complexity index is 1160. The van der Waals surface area contributed by atoms with Gasteiger partial charge in [0.15, 0.2) is 5.43 Å². The van der Waals surface area contributed by atoms with Crippen LogP contribution >= 0.6 is 0 Å². The third-order valence-corrected chi connectivity index (χ3v) is 4.09. The second kappa shape index (κ2) is 9.61. The molecule has 6 heteroatoms. The van der Waals surface area contributed by atoms with E-state index < -0.39 is 5.97 Å². The molecule has 5 nitrogen and oxygen atoms in total. The van der Waals surface area contributed by atoms with Crippen LogP contribution in [0.1, 0.15) is 24.2 Å². The van der Waals surface area contributed by atoms with Crippen molar-refractivity contribution in [3.05, 3.63) is 76.5 Å². The molecule has 0 amide bonds. The van der Waals surface area contributed by atoms with Crippen LogP contribution in [0.4, 0.5) is 0 Å². The molecule has 0 radical (unpaired) electrons. The molecule has 0 aromatic heterocycles. The van der Waals surface area contributed by atoms with Crippen LogP contribution in [-0.2, 0) is 0 Å². The molecule has 0 fully saturated rings. The van der Waals surface area contributed by atoms with Gasteiger partial charge in [-0.15, -0.1) is 0 Å². The number of carboxylic acids is 1. The minimum atomic E-state index is -1.29. The van der Waals surface area contributed by atoms with E-state index in [1.807, 2.05) is 13.8 Å². The Hall–Kier alpha value is -1.79. The number of carboxylic acid groups (broad SMARTS) is 1. The van der Waals surface area contributed by atoms with Crippen LogP contribution in [-0.4, -0.2) is 11.1 Å². The van der Waals surface area contributed by atoms with Gasteiger partial charge in [0, 0.05) is 34.2 Å². The summed E-state index contributed by atoms with van der Waals surface area (Å²) in [5, 5.41) is 21.9. The van der Waals surface area contributed by atoms with Gasteiger partial charge < -0.3 is 19.4 Å². The van der Waals surface area contributed by atoms with Crippen LogP contribution in [0, 0.1) is 0 Å². The summed E-state index contributed by atoms with van der Waals surface area (Å²) in [6.07, 6.45) is 0. The number of aromatic carboxylic acids is 1. The van der Waals surface area contributed by atoms with E-state index >= 15 is 0 Å². The summed E-state index contributed by atoms with van der Waals surface area (Å²) < 4.78 is 5.75. The molecule has 1 N–H and O–H groups in total. The van der Waals surface area contributed by atoms with Crippen LogP contribution in [0.2, 0.25) is 0 Å². The standard InChI is InChI=1S/C20H12O5.C2H6.Rb/c21-11-5-7-15-17(9-11)25-18-10-12(22)6-8-16(18)19(15)13-3-1-2-4-14(13)20(23)24;1-2;/h1-10,21H,(H,23,24);1-2H3;/q;;+1/p-1. The van der Waals surface area contributed by atoms with Crippen molar-refractivity contribution in [1.82, 2.24) is 0 Å². The fourth-order valence-electron chi connectivity index (χ4n) is 3.03. The van der Waals surface area contributed by atoms with Crippen molar-refractivity contribution in [3.8, 4) is 28.2 Å². The first-order valence-electron chi connectivity index (χ1n) is 8.55. The largest absolute Gasteiger partial charge is 1.00 e. The Morgan fingerprint density at radius 3 is 2.39 bits per heavy atom. The number of aromatic hydroxyl groups is 1. The van der Waals surface area contributed by atoms with Gasteiger partial charge in [-0.1, -0.05) is 38.1 Å². The molecule has 0 spiro atoms. The predicted octanol–water partition coefficient (Wildman–Crippen LogP) is 0.664. The maximum Gasteiger partial charge on any atom is 1.00 e. The summed E-state index contributed by atoms with van der Waals surface area (Å²) in [6.45, 7) is 4.00. The summed E-state index contributed by atoms with van der Waals surface area (Å²) in [6, 6.07) is 15.4. The number of rotatable bonds is 2. The van der Waals surface area contributed by atoms with Crippen molar-refractivity contribution < 1.29 is 77.6 Å². The Morgan fingerprint density at radius 2 is 1.68 bits per heavy atom. The van der Waals surface area contributed by atoms with Gasteiger partial charge in [-0.2, -0.15) is 0 Å². The summed E-state index contributed by atoms with van der Waals surface area (Å²) in [5.41, 5.74) is 1.83. The van der Waals surface area contributed by atoms with Gasteiger partial charge in [-0.05, 0) is 29.8 Å². The summed E-state index contributed by atoms with van der Waals surface area (Å²) in [7, 11) is 0. The molecule has 4 rings (SSSR count). The molecule has 2 aromatic carbocycles. The number of phenols is 1. The maximum absolute atomic E-state index is 11.7. The van der Waals surface area contributed by atoms with Crippen LogP contribution in [0.25, 0.3) is 33.4 Å². The van der Waals surface area contributed by atoms with Gasteiger partial charge >= 0.3 is 58.2 Å². The van der Waals surface area contributed by atoms with Crippen LogP contribution in [0.15, 0.2) is 69.9 Å². The van der Waals surface area contributed by atoms with Gasteiger partial charge in [0.05, 0.1) is 5.97 Å². The van der Waals surface area contributed by atoms with Crippen LogP contribution in [0.3, 0.4) is 0 Å². The van der Waals surface area contributed by atoms with Crippen molar-refractivity contribution >= 4 is 16.9 Å². The third kappa shape index (κ3) is 4.28. The van der Waals surface area contributed by atoms with E-state index in [-0.39, 0.29) is 74.9 Å². The minimum Gasteiger partial charge on any atom is -0.545 e. The number of carbonyl (C=O) groups excluding carboxylic acids is 1. The first kappa shape index (κ1) is 22.5. The number of carbonyl (C=O) groups is 1.